The number of hydrogen-bond acceptors (Lipinski definition) is 4. The number of oxazole rings is 1. The molecule has 1 aromatic carbocycles. The number of aromatic nitrogens is 1. The Morgan fingerprint density at radius 1 is 1.55 bits per heavy atom. The molecule has 20 heavy (non-hydrogen) atoms. The summed E-state index contributed by atoms with van der Waals surface area (Å²) < 4.78 is 5.69. The number of rotatable bonds is 5. The topological polar surface area (TPSA) is 81.2 Å². The van der Waals surface area contributed by atoms with Gasteiger partial charge < -0.3 is 15.5 Å². The largest absolute Gasteiger partial charge is 0.440 e. The van der Waals surface area contributed by atoms with Crippen LogP contribution in [0.4, 0.5) is 5.69 Å². The minimum Gasteiger partial charge on any atom is -0.440 e. The number of nitrogens with zero attached hydrogens (tertiary/aromatic N) is 1. The van der Waals surface area contributed by atoms with Crippen LogP contribution in [0.2, 0.25) is 0 Å². The maximum absolute atomic E-state index is 11.8. The molecular weight excluding hydrogens is 254 g/mol. The summed E-state index contributed by atoms with van der Waals surface area (Å²) in [5.41, 5.74) is 7.86. The molecule has 1 heterocycles. The van der Waals surface area contributed by atoms with Gasteiger partial charge >= 0.3 is 0 Å². The zero-order chi connectivity index (χ0) is 14.1. The van der Waals surface area contributed by atoms with E-state index in [0.717, 1.165) is 35.5 Å². The molecule has 1 aliphatic carbocycles. The van der Waals surface area contributed by atoms with Crippen LogP contribution in [-0.2, 0) is 4.79 Å². The van der Waals surface area contributed by atoms with E-state index in [9.17, 15) is 4.79 Å². The fourth-order valence-electron chi connectivity index (χ4n) is 2.14. The molecule has 1 aliphatic rings. The lowest BCUT2D eigenvalue weighted by Crippen LogP contribution is -2.20. The van der Waals surface area contributed by atoms with Gasteiger partial charge in [-0.25, -0.2) is 4.98 Å². The second-order valence-electron chi connectivity index (χ2n) is 5.60. The highest BCUT2D eigenvalue weighted by Crippen LogP contribution is 2.40. The molecule has 1 amide bonds. The average molecular weight is 273 g/mol. The second-order valence-corrected chi connectivity index (χ2v) is 5.60. The molecule has 1 unspecified atom stereocenters. The monoisotopic (exact) mass is 273 g/mol. The maximum atomic E-state index is 11.8. The lowest BCUT2D eigenvalue weighted by atomic mass is 10.1. The van der Waals surface area contributed by atoms with Crippen molar-refractivity contribution in [1.29, 1.82) is 0 Å². The van der Waals surface area contributed by atoms with Gasteiger partial charge in [0.1, 0.15) is 5.52 Å². The van der Waals surface area contributed by atoms with Crippen molar-refractivity contribution in [2.45, 2.75) is 32.1 Å². The van der Waals surface area contributed by atoms with E-state index >= 15 is 0 Å². The first kappa shape index (κ1) is 13.1. The number of nitrogens with two attached hydrogens (primary N) is 1. The van der Waals surface area contributed by atoms with Crippen molar-refractivity contribution in [3.05, 3.63) is 24.1 Å². The van der Waals surface area contributed by atoms with Crippen LogP contribution in [-0.4, -0.2) is 17.4 Å². The van der Waals surface area contributed by atoms with Gasteiger partial charge in [0.2, 0.25) is 5.91 Å². The summed E-state index contributed by atoms with van der Waals surface area (Å²) >= 11 is 0. The number of fused-ring (bicyclic) bond motifs is 1. The third kappa shape index (κ3) is 2.82. The van der Waals surface area contributed by atoms with Gasteiger partial charge in [0.15, 0.2) is 11.5 Å². The molecule has 3 N–H and O–H groups in total. The Morgan fingerprint density at radius 3 is 3.05 bits per heavy atom. The lowest BCUT2D eigenvalue weighted by Gasteiger charge is -2.08. The Morgan fingerprint density at radius 2 is 2.35 bits per heavy atom. The number of anilines is 1. The third-order valence-electron chi connectivity index (χ3n) is 3.55. The third-order valence-corrected chi connectivity index (χ3v) is 3.55. The Hall–Kier alpha value is -1.88. The zero-order valence-electron chi connectivity index (χ0n) is 11.6. The van der Waals surface area contributed by atoms with E-state index in [-0.39, 0.29) is 11.8 Å². The molecule has 1 atom stereocenters. The van der Waals surface area contributed by atoms with Crippen LogP contribution in [0.5, 0.6) is 0 Å². The standard InChI is InChI=1S/C15H19N3O2/c1-9(8-16)6-14(19)17-11-4-5-13-12(7-11)18-15(20-13)10-2-3-10/h4-5,7,9-10H,2-3,6,8,16H2,1H3,(H,17,19). The highest BCUT2D eigenvalue weighted by molar-refractivity contribution is 5.92. The molecule has 0 bridgehead atoms. The molecule has 0 aliphatic heterocycles. The molecule has 1 aromatic heterocycles. The van der Waals surface area contributed by atoms with Gasteiger partial charge in [-0.2, -0.15) is 0 Å². The van der Waals surface area contributed by atoms with E-state index in [0.29, 0.717) is 18.9 Å². The zero-order valence-corrected chi connectivity index (χ0v) is 11.6. The number of benzene rings is 1. The van der Waals surface area contributed by atoms with Crippen LogP contribution in [0.1, 0.15) is 38.0 Å². The summed E-state index contributed by atoms with van der Waals surface area (Å²) in [6.45, 7) is 2.48. The molecule has 5 nitrogen and oxygen atoms in total. The quantitative estimate of drug-likeness (QED) is 0.877. The van der Waals surface area contributed by atoms with E-state index in [1.807, 2.05) is 25.1 Å². The summed E-state index contributed by atoms with van der Waals surface area (Å²) in [6, 6.07) is 5.56. The smallest absolute Gasteiger partial charge is 0.224 e. The van der Waals surface area contributed by atoms with Crippen molar-refractivity contribution in [1.82, 2.24) is 4.98 Å². The Balaban J connectivity index is 1.73. The SMILES string of the molecule is CC(CN)CC(=O)Nc1ccc2oc(C3CC3)nc2c1. The van der Waals surface area contributed by atoms with Crippen molar-refractivity contribution < 1.29 is 9.21 Å². The lowest BCUT2D eigenvalue weighted by molar-refractivity contribution is -0.116. The predicted octanol–water partition coefficient (Wildman–Crippen LogP) is 2.63. The van der Waals surface area contributed by atoms with E-state index in [4.69, 9.17) is 10.2 Å². The minimum atomic E-state index is -0.0202. The maximum Gasteiger partial charge on any atom is 0.224 e. The molecule has 0 saturated heterocycles. The minimum absolute atomic E-state index is 0.0202. The number of carbonyl (C=O) groups excluding carboxylic acids is 1. The first-order valence-electron chi connectivity index (χ1n) is 7.06. The molecule has 1 saturated carbocycles. The molecule has 0 spiro atoms. The van der Waals surface area contributed by atoms with Crippen LogP contribution in [0.15, 0.2) is 22.6 Å². The first-order valence-corrected chi connectivity index (χ1v) is 7.06. The van der Waals surface area contributed by atoms with Crippen molar-refractivity contribution in [3.63, 3.8) is 0 Å². The van der Waals surface area contributed by atoms with Crippen molar-refractivity contribution >= 4 is 22.7 Å². The number of amides is 1. The Kier molecular flexibility index (Phi) is 3.44. The average Bonchev–Trinajstić information content (AvgIpc) is 3.18. The summed E-state index contributed by atoms with van der Waals surface area (Å²) in [7, 11) is 0. The van der Waals surface area contributed by atoms with E-state index in [2.05, 4.69) is 10.3 Å². The van der Waals surface area contributed by atoms with Gasteiger partial charge in [0.25, 0.3) is 0 Å². The summed E-state index contributed by atoms with van der Waals surface area (Å²) in [6.07, 6.45) is 2.75. The van der Waals surface area contributed by atoms with Crippen LogP contribution in [0.3, 0.4) is 0 Å². The predicted molar refractivity (Wildman–Crippen MR) is 77.4 cm³/mol. The molecular formula is C15H19N3O2. The number of hydrogen-bond donors (Lipinski definition) is 2. The van der Waals surface area contributed by atoms with Crippen LogP contribution < -0.4 is 11.1 Å². The first-order chi connectivity index (χ1) is 9.65. The molecule has 0 radical (unpaired) electrons. The van der Waals surface area contributed by atoms with Gasteiger partial charge in [-0.3, -0.25) is 4.79 Å². The molecule has 106 valence electrons. The van der Waals surface area contributed by atoms with Gasteiger partial charge in [-0.05, 0) is 43.5 Å². The molecule has 3 rings (SSSR count). The number of carbonyl (C=O) groups is 1. The Bertz CT molecular complexity index is 631. The van der Waals surface area contributed by atoms with Gasteiger partial charge in [0.05, 0.1) is 0 Å². The summed E-state index contributed by atoms with van der Waals surface area (Å²) in [5, 5.41) is 2.88. The molecule has 5 heteroatoms. The van der Waals surface area contributed by atoms with E-state index in [1.165, 1.54) is 0 Å². The molecule has 2 aromatic rings. The van der Waals surface area contributed by atoms with E-state index in [1.54, 1.807) is 0 Å². The van der Waals surface area contributed by atoms with Crippen molar-refractivity contribution in [2.75, 3.05) is 11.9 Å². The van der Waals surface area contributed by atoms with Crippen molar-refractivity contribution in [2.24, 2.45) is 11.7 Å². The van der Waals surface area contributed by atoms with Crippen LogP contribution in [0.25, 0.3) is 11.1 Å². The Labute approximate surface area is 117 Å². The van der Waals surface area contributed by atoms with Crippen LogP contribution in [0, 0.1) is 5.92 Å². The highest BCUT2D eigenvalue weighted by Gasteiger charge is 2.28. The van der Waals surface area contributed by atoms with E-state index < -0.39 is 0 Å². The van der Waals surface area contributed by atoms with Crippen LogP contribution >= 0.6 is 0 Å². The second kappa shape index (κ2) is 5.25. The normalized spacial score (nSPS) is 16.3. The van der Waals surface area contributed by atoms with Gasteiger partial charge in [-0.1, -0.05) is 6.92 Å². The fraction of sp³-hybridized carbons (Fsp3) is 0.467. The highest BCUT2D eigenvalue weighted by atomic mass is 16.3. The van der Waals surface area contributed by atoms with Gasteiger partial charge in [0, 0.05) is 18.0 Å². The number of nitrogens with one attached hydrogen (secondary N) is 1. The summed E-state index contributed by atoms with van der Waals surface area (Å²) in [5.74, 6) is 1.48. The fourth-order valence-corrected chi connectivity index (χ4v) is 2.14. The van der Waals surface area contributed by atoms with Gasteiger partial charge in [-0.15, -0.1) is 0 Å². The van der Waals surface area contributed by atoms with Crippen molar-refractivity contribution in [3.8, 4) is 0 Å². The summed E-state index contributed by atoms with van der Waals surface area (Å²) in [4.78, 5) is 16.3. The molecule has 1 fully saturated rings.